The zero-order valence-electron chi connectivity index (χ0n) is 5.29. The monoisotopic (exact) mass is 127 g/mol. The Morgan fingerprint density at radius 2 is 2.44 bits per heavy atom. The molecule has 0 aliphatic heterocycles. The maximum atomic E-state index is 10.4. The summed E-state index contributed by atoms with van der Waals surface area (Å²) >= 11 is 0. The second-order valence-electron chi connectivity index (χ2n) is 1.60. The first-order chi connectivity index (χ1) is 4.22. The molecular weight excluding hydrogens is 118 g/mol. The summed E-state index contributed by atoms with van der Waals surface area (Å²) in [4.78, 5) is 10.4. The zero-order valence-corrected chi connectivity index (χ0v) is 5.29. The molecule has 0 aromatic rings. The smallest absolute Gasteiger partial charge is 0.177 e. The molecule has 0 aliphatic rings. The normalized spacial score (nSPS) is 11.0. The molecule has 0 fully saturated rings. The second-order valence-corrected chi connectivity index (χ2v) is 1.60. The molecule has 0 radical (unpaired) electrons. The van der Waals surface area contributed by atoms with Gasteiger partial charge in [0, 0.05) is 13.3 Å². The van der Waals surface area contributed by atoms with Gasteiger partial charge in [-0.25, -0.2) is 0 Å². The summed E-state index contributed by atoms with van der Waals surface area (Å²) in [6.07, 6.45) is 1.84. The average Bonchev–Trinajstić information content (AvgIpc) is 1.82. The molecule has 0 saturated heterocycles. The summed E-state index contributed by atoms with van der Waals surface area (Å²) in [7, 11) is 0. The lowest BCUT2D eigenvalue weighted by atomic mass is 10.2. The Kier molecular flexibility index (Phi) is 3.35. The number of nitrogens with zero attached hydrogens (tertiary/aromatic N) is 1. The van der Waals surface area contributed by atoms with Crippen LogP contribution in [0, 0.1) is 0 Å². The van der Waals surface area contributed by atoms with E-state index in [0.29, 0.717) is 6.42 Å². The number of ketones is 1. The number of hydrogen-bond donors (Lipinski definition) is 1. The van der Waals surface area contributed by atoms with E-state index in [0.717, 1.165) is 0 Å². The lowest BCUT2D eigenvalue weighted by molar-refractivity contribution is -0.111. The SMILES string of the molecule is C=CCC(=NO)C(C)=O. The summed E-state index contributed by atoms with van der Waals surface area (Å²) in [6.45, 7) is 4.73. The summed E-state index contributed by atoms with van der Waals surface area (Å²) in [6, 6.07) is 0. The third kappa shape index (κ3) is 2.64. The van der Waals surface area contributed by atoms with Crippen LogP contribution in [0.25, 0.3) is 0 Å². The van der Waals surface area contributed by atoms with Crippen molar-refractivity contribution >= 4 is 11.5 Å². The van der Waals surface area contributed by atoms with Gasteiger partial charge in [-0.05, 0) is 0 Å². The highest BCUT2D eigenvalue weighted by atomic mass is 16.4. The van der Waals surface area contributed by atoms with E-state index >= 15 is 0 Å². The summed E-state index contributed by atoms with van der Waals surface area (Å²) < 4.78 is 0. The molecule has 0 heterocycles. The molecule has 0 rings (SSSR count). The molecule has 0 amide bonds. The highest BCUT2D eigenvalue weighted by molar-refractivity contribution is 6.39. The van der Waals surface area contributed by atoms with Crippen LogP contribution in [0.3, 0.4) is 0 Å². The van der Waals surface area contributed by atoms with Crippen LogP contribution >= 0.6 is 0 Å². The van der Waals surface area contributed by atoms with E-state index in [4.69, 9.17) is 5.21 Å². The molecule has 0 unspecified atom stereocenters. The van der Waals surface area contributed by atoms with E-state index in [-0.39, 0.29) is 11.5 Å². The molecule has 0 aliphatic carbocycles. The lowest BCUT2D eigenvalue weighted by Crippen LogP contribution is -2.07. The van der Waals surface area contributed by atoms with Crippen molar-refractivity contribution < 1.29 is 10.0 Å². The highest BCUT2D eigenvalue weighted by Gasteiger charge is 2.01. The first-order valence-electron chi connectivity index (χ1n) is 2.55. The minimum atomic E-state index is -0.225. The minimum absolute atomic E-state index is 0.144. The number of carbonyl (C=O) groups is 1. The Bertz CT molecular complexity index is 149. The number of carbonyl (C=O) groups excluding carboxylic acids is 1. The van der Waals surface area contributed by atoms with Crippen molar-refractivity contribution in [2.45, 2.75) is 13.3 Å². The van der Waals surface area contributed by atoms with Gasteiger partial charge in [-0.3, -0.25) is 4.79 Å². The van der Waals surface area contributed by atoms with E-state index in [1.165, 1.54) is 13.0 Å². The van der Waals surface area contributed by atoms with Crippen LogP contribution in [0.1, 0.15) is 13.3 Å². The molecule has 0 aromatic carbocycles. The van der Waals surface area contributed by atoms with Crippen molar-refractivity contribution in [1.82, 2.24) is 0 Å². The van der Waals surface area contributed by atoms with Crippen LogP contribution < -0.4 is 0 Å². The Labute approximate surface area is 53.7 Å². The largest absolute Gasteiger partial charge is 0.411 e. The Morgan fingerprint density at radius 1 is 1.89 bits per heavy atom. The molecule has 0 atom stereocenters. The number of rotatable bonds is 3. The van der Waals surface area contributed by atoms with Gasteiger partial charge in [0.15, 0.2) is 5.78 Å². The van der Waals surface area contributed by atoms with Crippen LogP contribution in [0.2, 0.25) is 0 Å². The van der Waals surface area contributed by atoms with Crippen molar-refractivity contribution in [3.8, 4) is 0 Å². The highest BCUT2D eigenvalue weighted by Crippen LogP contribution is 1.87. The van der Waals surface area contributed by atoms with Crippen LogP contribution in [0.5, 0.6) is 0 Å². The van der Waals surface area contributed by atoms with Gasteiger partial charge in [-0.15, -0.1) is 6.58 Å². The third-order valence-electron chi connectivity index (χ3n) is 0.865. The third-order valence-corrected chi connectivity index (χ3v) is 0.865. The molecule has 0 saturated carbocycles. The average molecular weight is 127 g/mol. The molecule has 0 aromatic heterocycles. The maximum absolute atomic E-state index is 10.4. The van der Waals surface area contributed by atoms with E-state index in [2.05, 4.69) is 11.7 Å². The van der Waals surface area contributed by atoms with Crippen molar-refractivity contribution in [3.05, 3.63) is 12.7 Å². The van der Waals surface area contributed by atoms with Gasteiger partial charge in [0.2, 0.25) is 0 Å². The molecular formula is C6H9NO2. The number of allylic oxidation sites excluding steroid dienone is 1. The predicted octanol–water partition coefficient (Wildman–Crippen LogP) is 0.982. The predicted molar refractivity (Wildman–Crippen MR) is 34.7 cm³/mol. The van der Waals surface area contributed by atoms with Crippen molar-refractivity contribution in [2.24, 2.45) is 5.16 Å². The van der Waals surface area contributed by atoms with Crippen LogP contribution in [0.4, 0.5) is 0 Å². The molecule has 0 spiro atoms. The number of oxime groups is 1. The van der Waals surface area contributed by atoms with Crippen LogP contribution in [-0.4, -0.2) is 16.7 Å². The summed E-state index contributed by atoms with van der Waals surface area (Å²) in [5.74, 6) is -0.225. The van der Waals surface area contributed by atoms with Gasteiger partial charge in [0.25, 0.3) is 0 Å². The van der Waals surface area contributed by atoms with E-state index < -0.39 is 0 Å². The molecule has 3 nitrogen and oxygen atoms in total. The zero-order chi connectivity index (χ0) is 7.28. The number of Topliss-reactive ketones (excluding diaryl/α,β-unsaturated/α-hetero) is 1. The number of hydrogen-bond acceptors (Lipinski definition) is 3. The van der Waals surface area contributed by atoms with Gasteiger partial charge in [0.05, 0.1) is 0 Å². The van der Waals surface area contributed by atoms with Crippen LogP contribution in [-0.2, 0) is 4.79 Å². The summed E-state index contributed by atoms with van der Waals surface area (Å²) in [5, 5.41) is 10.9. The molecule has 3 heteroatoms. The fourth-order valence-corrected chi connectivity index (χ4v) is 0.392. The van der Waals surface area contributed by atoms with Crippen molar-refractivity contribution in [1.29, 1.82) is 0 Å². The Morgan fingerprint density at radius 3 is 2.56 bits per heavy atom. The van der Waals surface area contributed by atoms with Crippen LogP contribution in [0.15, 0.2) is 17.8 Å². The van der Waals surface area contributed by atoms with Gasteiger partial charge in [-0.1, -0.05) is 11.2 Å². The molecule has 0 bridgehead atoms. The van der Waals surface area contributed by atoms with Crippen molar-refractivity contribution in [2.75, 3.05) is 0 Å². The fourth-order valence-electron chi connectivity index (χ4n) is 0.392. The molecule has 1 N–H and O–H groups in total. The Hall–Kier alpha value is -1.12. The first kappa shape index (κ1) is 7.88. The van der Waals surface area contributed by atoms with E-state index in [1.807, 2.05) is 0 Å². The quantitative estimate of drug-likeness (QED) is 0.266. The van der Waals surface area contributed by atoms with Gasteiger partial charge < -0.3 is 5.21 Å². The fraction of sp³-hybridized carbons (Fsp3) is 0.333. The van der Waals surface area contributed by atoms with E-state index in [9.17, 15) is 4.79 Å². The topological polar surface area (TPSA) is 49.7 Å². The first-order valence-corrected chi connectivity index (χ1v) is 2.55. The van der Waals surface area contributed by atoms with Gasteiger partial charge in [-0.2, -0.15) is 0 Å². The van der Waals surface area contributed by atoms with Gasteiger partial charge in [0.1, 0.15) is 5.71 Å². The second kappa shape index (κ2) is 3.83. The molecule has 9 heavy (non-hydrogen) atoms. The minimum Gasteiger partial charge on any atom is -0.411 e. The molecule has 50 valence electrons. The standard InChI is InChI=1S/C6H9NO2/c1-3-4-6(7-9)5(2)8/h3,9H,1,4H2,2H3. The Balaban J connectivity index is 4.00. The maximum Gasteiger partial charge on any atom is 0.177 e. The lowest BCUT2D eigenvalue weighted by Gasteiger charge is -1.90. The summed E-state index contributed by atoms with van der Waals surface area (Å²) in [5.41, 5.74) is 0.144. The van der Waals surface area contributed by atoms with Gasteiger partial charge >= 0.3 is 0 Å². The van der Waals surface area contributed by atoms with Crippen molar-refractivity contribution in [3.63, 3.8) is 0 Å². The van der Waals surface area contributed by atoms with E-state index in [1.54, 1.807) is 0 Å².